The van der Waals surface area contributed by atoms with Gasteiger partial charge in [0.2, 0.25) is 0 Å². The number of nitrogens with one attached hydrogen (secondary N) is 1. The van der Waals surface area contributed by atoms with Gasteiger partial charge in [-0.3, -0.25) is 4.72 Å². The molecule has 0 amide bonds. The van der Waals surface area contributed by atoms with Gasteiger partial charge in [-0.05, 0) is 34.1 Å². The Morgan fingerprint density at radius 3 is 2.58 bits per heavy atom. The fourth-order valence-electron chi connectivity index (χ4n) is 1.29. The van der Waals surface area contributed by atoms with Crippen LogP contribution in [0.4, 0.5) is 11.5 Å². The van der Waals surface area contributed by atoms with Crippen molar-refractivity contribution in [3.05, 3.63) is 40.2 Å². The van der Waals surface area contributed by atoms with Crippen LogP contribution >= 0.6 is 27.5 Å². The van der Waals surface area contributed by atoms with Gasteiger partial charge in [-0.2, -0.15) is 0 Å². The second kappa shape index (κ2) is 5.32. The quantitative estimate of drug-likeness (QED) is 0.815. The molecule has 2 aromatic rings. The van der Waals surface area contributed by atoms with E-state index < -0.39 is 10.0 Å². The maximum atomic E-state index is 12.1. The minimum Gasteiger partial charge on any atom is -0.399 e. The van der Waals surface area contributed by atoms with Crippen molar-refractivity contribution >= 4 is 49.1 Å². The molecule has 0 bridgehead atoms. The Morgan fingerprint density at radius 1 is 1.26 bits per heavy atom. The molecule has 100 valence electrons. The molecular formula is C10H8BrClN4O2S. The second-order valence-corrected chi connectivity index (χ2v) is 6.39. The first-order chi connectivity index (χ1) is 8.88. The monoisotopic (exact) mass is 362 g/mol. The summed E-state index contributed by atoms with van der Waals surface area (Å²) in [7, 11) is -3.83. The number of anilines is 2. The highest BCUT2D eigenvalue weighted by molar-refractivity contribution is 9.10. The summed E-state index contributed by atoms with van der Waals surface area (Å²) in [5.41, 5.74) is 5.89. The lowest BCUT2D eigenvalue weighted by Crippen LogP contribution is -2.14. The Balaban J connectivity index is 2.35. The molecule has 1 aromatic carbocycles. The maximum absolute atomic E-state index is 12.1. The first-order valence-corrected chi connectivity index (χ1v) is 7.59. The van der Waals surface area contributed by atoms with Gasteiger partial charge in [0.15, 0.2) is 5.82 Å². The van der Waals surface area contributed by atoms with E-state index in [1.54, 1.807) is 0 Å². The Kier molecular flexibility index (Phi) is 3.93. The van der Waals surface area contributed by atoms with E-state index >= 15 is 0 Å². The lowest BCUT2D eigenvalue weighted by atomic mass is 10.3. The minimum atomic E-state index is -3.83. The third kappa shape index (κ3) is 3.34. The van der Waals surface area contributed by atoms with Crippen molar-refractivity contribution in [1.29, 1.82) is 0 Å². The van der Waals surface area contributed by atoms with E-state index in [9.17, 15) is 8.42 Å². The number of halogens is 2. The molecule has 0 atom stereocenters. The average Bonchev–Trinajstić information content (AvgIpc) is 2.31. The van der Waals surface area contributed by atoms with Crippen LogP contribution in [-0.2, 0) is 10.0 Å². The first kappa shape index (κ1) is 14.0. The van der Waals surface area contributed by atoms with E-state index in [0.717, 1.165) is 0 Å². The largest absolute Gasteiger partial charge is 0.399 e. The molecule has 19 heavy (non-hydrogen) atoms. The topological polar surface area (TPSA) is 98.0 Å². The Labute approximate surface area is 123 Å². The summed E-state index contributed by atoms with van der Waals surface area (Å²) in [6, 6.07) is 4.14. The van der Waals surface area contributed by atoms with Crippen molar-refractivity contribution in [2.24, 2.45) is 0 Å². The minimum absolute atomic E-state index is 0.0394. The molecule has 0 aliphatic heterocycles. The van der Waals surface area contributed by atoms with Crippen LogP contribution in [-0.4, -0.2) is 18.4 Å². The van der Waals surface area contributed by atoms with Crippen LogP contribution < -0.4 is 10.5 Å². The highest BCUT2D eigenvalue weighted by atomic mass is 79.9. The molecule has 1 heterocycles. The molecule has 0 aliphatic carbocycles. The smallest absolute Gasteiger partial charge is 0.264 e. The van der Waals surface area contributed by atoms with Crippen molar-refractivity contribution < 1.29 is 8.42 Å². The molecule has 1 aromatic heterocycles. The predicted molar refractivity (Wildman–Crippen MR) is 76.4 cm³/mol. The van der Waals surface area contributed by atoms with Crippen molar-refractivity contribution in [3.63, 3.8) is 0 Å². The second-order valence-electron chi connectivity index (χ2n) is 3.52. The summed E-state index contributed by atoms with van der Waals surface area (Å²) in [5, 5.41) is 0.0394. The summed E-state index contributed by atoms with van der Waals surface area (Å²) in [4.78, 5) is 7.66. The van der Waals surface area contributed by atoms with Gasteiger partial charge in [-0.25, -0.2) is 18.4 Å². The van der Waals surface area contributed by atoms with Crippen molar-refractivity contribution in [2.45, 2.75) is 4.90 Å². The van der Waals surface area contributed by atoms with Gasteiger partial charge in [0, 0.05) is 5.69 Å². The van der Waals surface area contributed by atoms with Crippen LogP contribution in [0.3, 0.4) is 0 Å². The van der Waals surface area contributed by atoms with E-state index in [1.165, 1.54) is 30.6 Å². The molecule has 2 rings (SSSR count). The summed E-state index contributed by atoms with van der Waals surface area (Å²) in [6.07, 6.45) is 2.66. The normalized spacial score (nSPS) is 11.3. The Morgan fingerprint density at radius 2 is 2.00 bits per heavy atom. The van der Waals surface area contributed by atoms with Gasteiger partial charge in [0.25, 0.3) is 10.0 Å². The van der Waals surface area contributed by atoms with Gasteiger partial charge in [0.1, 0.15) is 9.50 Å². The number of hydrogen-bond donors (Lipinski definition) is 2. The van der Waals surface area contributed by atoms with Crippen LogP contribution in [0.25, 0.3) is 0 Å². The molecule has 0 fully saturated rings. The van der Waals surface area contributed by atoms with Crippen molar-refractivity contribution in [3.8, 4) is 0 Å². The lowest BCUT2D eigenvalue weighted by molar-refractivity contribution is 0.601. The molecule has 0 radical (unpaired) electrons. The molecular weight excluding hydrogens is 356 g/mol. The first-order valence-electron chi connectivity index (χ1n) is 4.94. The number of sulfonamides is 1. The van der Waals surface area contributed by atoms with Gasteiger partial charge in [-0.1, -0.05) is 11.6 Å². The summed E-state index contributed by atoms with van der Waals surface area (Å²) in [5.74, 6) is 0.0936. The fourth-order valence-corrected chi connectivity index (χ4v) is 3.04. The molecule has 0 unspecified atom stereocenters. The van der Waals surface area contributed by atoms with Crippen LogP contribution in [0.2, 0.25) is 5.02 Å². The molecule has 3 N–H and O–H groups in total. The van der Waals surface area contributed by atoms with E-state index in [0.29, 0.717) is 10.3 Å². The van der Waals surface area contributed by atoms with E-state index in [4.69, 9.17) is 17.3 Å². The van der Waals surface area contributed by atoms with Crippen LogP contribution in [0, 0.1) is 0 Å². The van der Waals surface area contributed by atoms with E-state index in [-0.39, 0.29) is 15.7 Å². The molecule has 0 saturated carbocycles. The summed E-state index contributed by atoms with van der Waals surface area (Å²) >= 11 is 8.97. The van der Waals surface area contributed by atoms with Gasteiger partial charge < -0.3 is 5.73 Å². The van der Waals surface area contributed by atoms with Crippen LogP contribution in [0.1, 0.15) is 0 Å². The molecule has 0 saturated heterocycles. The van der Waals surface area contributed by atoms with E-state index in [2.05, 4.69) is 30.6 Å². The average molecular weight is 364 g/mol. The van der Waals surface area contributed by atoms with Crippen LogP contribution in [0.15, 0.2) is 40.1 Å². The van der Waals surface area contributed by atoms with Gasteiger partial charge in [-0.15, -0.1) is 0 Å². The zero-order valence-corrected chi connectivity index (χ0v) is 12.5. The maximum Gasteiger partial charge on any atom is 0.264 e. The number of nitrogens with zero attached hydrogens (tertiary/aromatic N) is 2. The number of benzene rings is 1. The highest BCUT2D eigenvalue weighted by Gasteiger charge is 2.18. The zero-order chi connectivity index (χ0) is 14.0. The molecule has 0 aliphatic rings. The lowest BCUT2D eigenvalue weighted by Gasteiger charge is -2.08. The molecule has 9 heteroatoms. The third-order valence-corrected chi connectivity index (χ3v) is 4.35. The fraction of sp³-hybridized carbons (Fsp3) is 0. The van der Waals surface area contributed by atoms with E-state index in [1.807, 2.05) is 0 Å². The Bertz CT molecular complexity index is 706. The molecule has 6 nitrogen and oxygen atoms in total. The summed E-state index contributed by atoms with van der Waals surface area (Å²) < 4.78 is 27.0. The number of nitrogen functional groups attached to an aromatic ring is 1. The highest BCUT2D eigenvalue weighted by Crippen LogP contribution is 2.25. The molecule has 0 spiro atoms. The van der Waals surface area contributed by atoms with Crippen LogP contribution in [0.5, 0.6) is 0 Å². The Hall–Kier alpha value is -1.38. The van der Waals surface area contributed by atoms with Crippen molar-refractivity contribution in [1.82, 2.24) is 9.97 Å². The SMILES string of the molecule is Nc1ccc(S(=O)(=O)Nc2cnc(Br)cn2)c(Cl)c1. The van der Waals surface area contributed by atoms with Gasteiger partial charge >= 0.3 is 0 Å². The number of nitrogens with two attached hydrogens (primary N) is 1. The van der Waals surface area contributed by atoms with Crippen molar-refractivity contribution in [2.75, 3.05) is 10.5 Å². The number of rotatable bonds is 3. The summed E-state index contributed by atoms with van der Waals surface area (Å²) in [6.45, 7) is 0. The number of hydrogen-bond acceptors (Lipinski definition) is 5. The standard InChI is InChI=1S/C10H8BrClN4O2S/c11-9-4-15-10(5-14-9)16-19(17,18)8-2-1-6(13)3-7(8)12/h1-5H,13H2,(H,15,16). The number of aromatic nitrogens is 2. The van der Waals surface area contributed by atoms with Gasteiger partial charge in [0.05, 0.1) is 17.4 Å². The zero-order valence-electron chi connectivity index (χ0n) is 9.34. The predicted octanol–water partition coefficient (Wildman–Crippen LogP) is 2.28. The third-order valence-electron chi connectivity index (χ3n) is 2.10.